The molecule has 9 heteroatoms. The molecule has 2 N–H and O–H groups in total. The van der Waals surface area contributed by atoms with E-state index >= 15 is 0 Å². The predicted octanol–water partition coefficient (Wildman–Crippen LogP) is 4.67. The Labute approximate surface area is 206 Å². The molecule has 186 valence electrons. The van der Waals surface area contributed by atoms with Gasteiger partial charge in [0.15, 0.2) is 0 Å². The van der Waals surface area contributed by atoms with Gasteiger partial charge in [0, 0.05) is 25.2 Å². The average molecular weight is 496 g/mol. The van der Waals surface area contributed by atoms with Crippen LogP contribution in [-0.4, -0.2) is 30.8 Å². The Morgan fingerprint density at radius 1 is 0.944 bits per heavy atom. The zero-order valence-electron chi connectivity index (χ0n) is 19.2. The summed E-state index contributed by atoms with van der Waals surface area (Å²) in [5, 5.41) is 5.55. The quantitative estimate of drug-likeness (QED) is 0.500. The summed E-state index contributed by atoms with van der Waals surface area (Å²) < 4.78 is 39.2. The molecular weight excluding hydrogens is 471 g/mol. The van der Waals surface area contributed by atoms with Gasteiger partial charge in [-0.05, 0) is 42.3 Å². The normalized spacial score (nSPS) is 15.6. The van der Waals surface area contributed by atoms with Gasteiger partial charge in [0.1, 0.15) is 0 Å². The van der Waals surface area contributed by atoms with Crippen LogP contribution in [0, 0.1) is 5.92 Å². The smallest absolute Gasteiger partial charge is 0.352 e. The molecule has 0 spiro atoms. The summed E-state index contributed by atoms with van der Waals surface area (Å²) in [5.41, 5.74) is 0.870. The lowest BCUT2D eigenvalue weighted by Crippen LogP contribution is -2.30. The highest BCUT2D eigenvalue weighted by atomic mass is 19.4. The van der Waals surface area contributed by atoms with Crippen LogP contribution in [0.15, 0.2) is 78.9 Å². The second-order valence-corrected chi connectivity index (χ2v) is 8.48. The molecule has 0 aromatic heterocycles. The van der Waals surface area contributed by atoms with Gasteiger partial charge >= 0.3 is 6.18 Å². The van der Waals surface area contributed by atoms with Crippen molar-refractivity contribution in [1.29, 1.82) is 0 Å². The van der Waals surface area contributed by atoms with Crippen molar-refractivity contribution in [2.75, 3.05) is 23.3 Å². The van der Waals surface area contributed by atoms with E-state index in [9.17, 15) is 27.6 Å². The SMILES string of the molecule is O=C(NCCc1ccccc1)c1ccccc1NC(=O)[C@H]1CC(=O)N(c2cccc(C(F)(F)F)c2)C1. The molecule has 3 aromatic rings. The number of benzene rings is 3. The largest absolute Gasteiger partial charge is 0.416 e. The third-order valence-corrected chi connectivity index (χ3v) is 5.95. The van der Waals surface area contributed by atoms with Crippen LogP contribution in [-0.2, 0) is 22.2 Å². The molecule has 3 aromatic carbocycles. The van der Waals surface area contributed by atoms with Crippen LogP contribution < -0.4 is 15.5 Å². The second kappa shape index (κ2) is 10.6. The Balaban J connectivity index is 1.40. The molecule has 1 atom stereocenters. The lowest BCUT2D eigenvalue weighted by Gasteiger charge is -2.18. The van der Waals surface area contributed by atoms with Crippen molar-refractivity contribution in [3.05, 3.63) is 95.6 Å². The number of halogens is 3. The van der Waals surface area contributed by atoms with Crippen molar-refractivity contribution < 1.29 is 27.6 Å². The highest BCUT2D eigenvalue weighted by Gasteiger charge is 2.37. The zero-order valence-corrected chi connectivity index (χ0v) is 19.2. The van der Waals surface area contributed by atoms with Gasteiger partial charge in [-0.2, -0.15) is 13.2 Å². The number of hydrogen-bond donors (Lipinski definition) is 2. The Morgan fingerprint density at radius 2 is 1.67 bits per heavy atom. The summed E-state index contributed by atoms with van der Waals surface area (Å²) in [7, 11) is 0. The zero-order chi connectivity index (χ0) is 25.7. The molecule has 3 amide bonds. The standard InChI is InChI=1S/C27H24F3N3O3/c28-27(29,30)20-9-6-10-21(16-20)33-17-19(15-24(33)34)25(35)32-23-12-5-4-11-22(23)26(36)31-14-13-18-7-2-1-3-8-18/h1-12,16,19H,13-15,17H2,(H,31,36)(H,32,35)/t19-/m0/s1. The fourth-order valence-electron chi connectivity index (χ4n) is 4.07. The van der Waals surface area contributed by atoms with Crippen LogP contribution >= 0.6 is 0 Å². The van der Waals surface area contributed by atoms with Crippen LogP contribution in [0.1, 0.15) is 27.9 Å². The van der Waals surface area contributed by atoms with E-state index in [1.165, 1.54) is 17.0 Å². The minimum atomic E-state index is -4.54. The monoisotopic (exact) mass is 495 g/mol. The molecule has 0 saturated carbocycles. The number of hydrogen-bond acceptors (Lipinski definition) is 3. The Bertz CT molecular complexity index is 1260. The number of anilines is 2. The van der Waals surface area contributed by atoms with Crippen LogP contribution in [0.25, 0.3) is 0 Å². The molecule has 0 radical (unpaired) electrons. The van der Waals surface area contributed by atoms with Crippen molar-refractivity contribution in [1.82, 2.24) is 5.32 Å². The number of nitrogens with zero attached hydrogens (tertiary/aromatic N) is 1. The summed E-state index contributed by atoms with van der Waals surface area (Å²) in [5.74, 6) is -2.06. The molecule has 0 unspecified atom stereocenters. The number of alkyl halides is 3. The van der Waals surface area contributed by atoms with Crippen LogP contribution in [0.5, 0.6) is 0 Å². The van der Waals surface area contributed by atoms with Crippen LogP contribution in [0.2, 0.25) is 0 Å². The number of amides is 3. The van der Waals surface area contributed by atoms with Crippen molar-refractivity contribution >= 4 is 29.1 Å². The van der Waals surface area contributed by atoms with Gasteiger partial charge in [-0.15, -0.1) is 0 Å². The first kappa shape index (κ1) is 25.0. The maximum Gasteiger partial charge on any atom is 0.416 e. The number of carbonyl (C=O) groups excluding carboxylic acids is 3. The summed E-state index contributed by atoms with van der Waals surface area (Å²) in [6.45, 7) is 0.353. The topological polar surface area (TPSA) is 78.5 Å². The number of para-hydroxylation sites is 1. The number of nitrogens with one attached hydrogen (secondary N) is 2. The first-order valence-electron chi connectivity index (χ1n) is 11.4. The fourth-order valence-corrected chi connectivity index (χ4v) is 4.07. The molecule has 0 bridgehead atoms. The molecule has 0 aliphatic carbocycles. The molecular formula is C27H24F3N3O3. The van der Waals surface area contributed by atoms with Crippen LogP contribution in [0.3, 0.4) is 0 Å². The van der Waals surface area contributed by atoms with E-state index in [-0.39, 0.29) is 30.1 Å². The predicted molar refractivity (Wildman–Crippen MR) is 129 cm³/mol. The first-order chi connectivity index (χ1) is 17.2. The maximum atomic E-state index is 13.1. The Hall–Kier alpha value is -4.14. The first-order valence-corrected chi connectivity index (χ1v) is 11.4. The van der Waals surface area contributed by atoms with Crippen molar-refractivity contribution in [2.24, 2.45) is 5.92 Å². The van der Waals surface area contributed by atoms with Gasteiger partial charge in [0.25, 0.3) is 5.91 Å². The van der Waals surface area contributed by atoms with Crippen molar-refractivity contribution in [3.8, 4) is 0 Å². The molecule has 1 fully saturated rings. The Morgan fingerprint density at radius 3 is 2.42 bits per heavy atom. The van der Waals surface area contributed by atoms with Gasteiger partial charge in [0.2, 0.25) is 11.8 Å². The molecule has 1 aliphatic rings. The van der Waals surface area contributed by atoms with Gasteiger partial charge in [-0.3, -0.25) is 14.4 Å². The fraction of sp³-hybridized carbons (Fsp3) is 0.222. The highest BCUT2D eigenvalue weighted by Crippen LogP contribution is 2.33. The molecule has 4 rings (SSSR count). The highest BCUT2D eigenvalue weighted by molar-refractivity contribution is 6.07. The molecule has 36 heavy (non-hydrogen) atoms. The average Bonchev–Trinajstić information content (AvgIpc) is 3.26. The lowest BCUT2D eigenvalue weighted by atomic mass is 10.1. The summed E-state index contributed by atoms with van der Waals surface area (Å²) in [6.07, 6.45) is -4.04. The van der Waals surface area contributed by atoms with Gasteiger partial charge in [0.05, 0.1) is 22.7 Å². The van der Waals surface area contributed by atoms with Crippen LogP contribution in [0.4, 0.5) is 24.5 Å². The summed E-state index contributed by atoms with van der Waals surface area (Å²) >= 11 is 0. The van der Waals surface area contributed by atoms with E-state index in [4.69, 9.17) is 0 Å². The summed E-state index contributed by atoms with van der Waals surface area (Å²) in [6, 6.07) is 20.7. The maximum absolute atomic E-state index is 13.1. The number of carbonyl (C=O) groups is 3. The van der Waals surface area contributed by atoms with E-state index in [0.717, 1.165) is 17.7 Å². The second-order valence-electron chi connectivity index (χ2n) is 8.48. The number of rotatable bonds is 7. The lowest BCUT2D eigenvalue weighted by molar-refractivity contribution is -0.137. The molecule has 1 heterocycles. The van der Waals surface area contributed by atoms with Gasteiger partial charge < -0.3 is 15.5 Å². The minimum absolute atomic E-state index is 0.0581. The van der Waals surface area contributed by atoms with Gasteiger partial charge in [-0.25, -0.2) is 0 Å². The van der Waals surface area contributed by atoms with E-state index in [1.807, 2.05) is 30.3 Å². The molecule has 1 saturated heterocycles. The van der Waals surface area contributed by atoms with E-state index in [2.05, 4.69) is 10.6 Å². The summed E-state index contributed by atoms with van der Waals surface area (Å²) in [4.78, 5) is 39.4. The van der Waals surface area contributed by atoms with E-state index in [1.54, 1.807) is 24.3 Å². The van der Waals surface area contributed by atoms with Crippen molar-refractivity contribution in [3.63, 3.8) is 0 Å². The van der Waals surface area contributed by atoms with E-state index < -0.39 is 29.5 Å². The van der Waals surface area contributed by atoms with Crippen molar-refractivity contribution in [2.45, 2.75) is 19.0 Å². The Kier molecular flexibility index (Phi) is 7.38. The minimum Gasteiger partial charge on any atom is -0.352 e. The molecule has 6 nitrogen and oxygen atoms in total. The third-order valence-electron chi connectivity index (χ3n) is 5.95. The van der Waals surface area contributed by atoms with Gasteiger partial charge in [-0.1, -0.05) is 48.5 Å². The third kappa shape index (κ3) is 5.91. The van der Waals surface area contributed by atoms with E-state index in [0.29, 0.717) is 18.7 Å². The molecule has 1 aliphatic heterocycles.